The first-order valence-electron chi connectivity index (χ1n) is 14.8. The van der Waals surface area contributed by atoms with Gasteiger partial charge >= 0.3 is 12.4 Å². The summed E-state index contributed by atoms with van der Waals surface area (Å²) in [7, 11) is 0. The molecule has 0 unspecified atom stereocenters. The molecule has 43 heavy (non-hydrogen) atoms. The molecule has 2 aromatic carbocycles. The minimum Gasteiger partial charge on any atom is -0.394 e. The molecule has 2 aliphatic rings. The average molecular weight is 611 g/mol. The van der Waals surface area contributed by atoms with E-state index in [1.54, 1.807) is 4.90 Å². The Morgan fingerprint density at radius 1 is 0.860 bits per heavy atom. The third kappa shape index (κ3) is 7.42. The van der Waals surface area contributed by atoms with Crippen LogP contribution in [0.3, 0.4) is 0 Å². The lowest BCUT2D eigenvalue weighted by molar-refractivity contribution is -0.143. The summed E-state index contributed by atoms with van der Waals surface area (Å²) in [6, 6.07) is 5.93. The number of fused-ring (bicyclic) bond motifs is 1. The van der Waals surface area contributed by atoms with Crippen LogP contribution < -0.4 is 9.80 Å². The summed E-state index contributed by atoms with van der Waals surface area (Å²) in [5.41, 5.74) is 1.47. The van der Waals surface area contributed by atoms with Crippen molar-refractivity contribution in [1.82, 2.24) is 20.2 Å². The number of halogens is 6. The van der Waals surface area contributed by atoms with Crippen LogP contribution in [0.5, 0.6) is 0 Å². The Morgan fingerprint density at radius 2 is 1.51 bits per heavy atom. The maximum atomic E-state index is 13.7. The number of aromatic nitrogens is 4. The van der Waals surface area contributed by atoms with E-state index < -0.39 is 23.5 Å². The van der Waals surface area contributed by atoms with Gasteiger partial charge in [-0.1, -0.05) is 24.0 Å². The van der Waals surface area contributed by atoms with Crippen LogP contribution in [0.2, 0.25) is 0 Å². The maximum Gasteiger partial charge on any atom is 0.416 e. The number of anilines is 2. The van der Waals surface area contributed by atoms with Crippen LogP contribution in [-0.4, -0.2) is 45.0 Å². The molecule has 3 aromatic rings. The SMILES string of the molecule is CCN(CC1CCCC1)c1cc2c(cc1CN(Cc1cc(C(F)(F)F)cc(C(F)(F)F)c1)c1nnn(CCO)n1)CCC2. The molecular weight excluding hydrogens is 574 g/mol. The molecule has 13 heteroatoms. The zero-order valence-electron chi connectivity index (χ0n) is 24.1. The molecule has 234 valence electrons. The van der Waals surface area contributed by atoms with Crippen molar-refractivity contribution in [1.29, 1.82) is 0 Å². The highest BCUT2D eigenvalue weighted by atomic mass is 19.4. The summed E-state index contributed by atoms with van der Waals surface area (Å²) >= 11 is 0. The molecule has 0 aliphatic heterocycles. The monoisotopic (exact) mass is 610 g/mol. The molecular formula is C30H36F6N6O. The second kappa shape index (κ2) is 12.7. The average Bonchev–Trinajstić information content (AvgIpc) is 3.72. The number of aryl methyl sites for hydroxylation is 2. The van der Waals surface area contributed by atoms with Crippen molar-refractivity contribution in [2.45, 2.75) is 83.9 Å². The second-order valence-electron chi connectivity index (χ2n) is 11.5. The molecule has 7 nitrogen and oxygen atoms in total. The van der Waals surface area contributed by atoms with Crippen molar-refractivity contribution in [3.8, 4) is 0 Å². The Balaban J connectivity index is 1.55. The molecule has 1 heterocycles. The summed E-state index contributed by atoms with van der Waals surface area (Å²) in [6.07, 6.45) is -2.28. The minimum absolute atomic E-state index is 0.0394. The van der Waals surface area contributed by atoms with Crippen LogP contribution in [0, 0.1) is 5.92 Å². The number of rotatable bonds is 11. The lowest BCUT2D eigenvalue weighted by Gasteiger charge is -2.31. The maximum absolute atomic E-state index is 13.7. The van der Waals surface area contributed by atoms with Crippen LogP contribution in [0.4, 0.5) is 38.0 Å². The first kappa shape index (κ1) is 31.1. The first-order chi connectivity index (χ1) is 20.4. The van der Waals surface area contributed by atoms with E-state index in [1.165, 1.54) is 24.0 Å². The van der Waals surface area contributed by atoms with Crippen molar-refractivity contribution >= 4 is 11.6 Å². The van der Waals surface area contributed by atoms with Crippen molar-refractivity contribution in [3.05, 3.63) is 63.7 Å². The molecule has 0 amide bonds. The highest BCUT2D eigenvalue weighted by Gasteiger charge is 2.37. The summed E-state index contributed by atoms with van der Waals surface area (Å²) < 4.78 is 81.9. The van der Waals surface area contributed by atoms with E-state index in [4.69, 9.17) is 0 Å². The molecule has 0 radical (unpaired) electrons. The van der Waals surface area contributed by atoms with Crippen LogP contribution in [0.25, 0.3) is 0 Å². The number of nitrogens with zero attached hydrogens (tertiary/aromatic N) is 6. The standard InChI is InChI=1S/C30H36F6N6O/c1-2-40(17-20-6-3-4-7-20)27-15-23-9-5-8-22(23)14-24(27)19-41(28-37-39-42(38-28)10-11-43)18-21-12-25(29(31,32)33)16-26(13-21)30(34,35)36/h12-16,20,43H,2-11,17-19H2,1H3. The Bertz CT molecular complexity index is 1370. The number of benzene rings is 2. The predicted molar refractivity (Wildman–Crippen MR) is 150 cm³/mol. The normalized spacial score (nSPS) is 15.7. The minimum atomic E-state index is -4.96. The van der Waals surface area contributed by atoms with Gasteiger partial charge in [-0.25, -0.2) is 0 Å². The molecule has 5 rings (SSSR count). The fraction of sp³-hybridized carbons (Fsp3) is 0.567. The summed E-state index contributed by atoms with van der Waals surface area (Å²) in [6.45, 7) is 3.34. The van der Waals surface area contributed by atoms with Gasteiger partial charge < -0.3 is 14.9 Å². The van der Waals surface area contributed by atoms with Gasteiger partial charge in [0.2, 0.25) is 0 Å². The Kier molecular flexibility index (Phi) is 9.19. The molecule has 1 N–H and O–H groups in total. The number of aliphatic hydroxyl groups excluding tert-OH is 1. The van der Waals surface area contributed by atoms with E-state index >= 15 is 0 Å². The van der Waals surface area contributed by atoms with Crippen molar-refractivity contribution in [3.63, 3.8) is 0 Å². The fourth-order valence-corrected chi connectivity index (χ4v) is 6.27. The fourth-order valence-electron chi connectivity index (χ4n) is 6.27. The van der Waals surface area contributed by atoms with Gasteiger partial charge in [0.05, 0.1) is 24.3 Å². The molecule has 0 saturated heterocycles. The van der Waals surface area contributed by atoms with E-state index in [9.17, 15) is 31.4 Å². The molecule has 0 atom stereocenters. The Hall–Kier alpha value is -3.35. The van der Waals surface area contributed by atoms with Gasteiger partial charge in [-0.05, 0) is 96.7 Å². The quantitative estimate of drug-likeness (QED) is 0.253. The number of alkyl halides is 6. The Morgan fingerprint density at radius 3 is 2.12 bits per heavy atom. The van der Waals surface area contributed by atoms with E-state index in [1.807, 2.05) is 0 Å². The number of aliphatic hydroxyl groups is 1. The second-order valence-corrected chi connectivity index (χ2v) is 11.5. The molecule has 1 fully saturated rings. The Labute approximate surface area is 246 Å². The number of hydrogen-bond acceptors (Lipinski definition) is 6. The first-order valence-corrected chi connectivity index (χ1v) is 14.8. The van der Waals surface area contributed by atoms with E-state index in [0.717, 1.165) is 73.4 Å². The van der Waals surface area contributed by atoms with Crippen LogP contribution in [-0.2, 0) is 44.8 Å². The molecule has 0 spiro atoms. The van der Waals surface area contributed by atoms with Gasteiger partial charge in [0, 0.05) is 31.9 Å². The highest BCUT2D eigenvalue weighted by Crippen LogP contribution is 2.38. The number of hydrogen-bond donors (Lipinski definition) is 1. The smallest absolute Gasteiger partial charge is 0.394 e. The van der Waals surface area contributed by atoms with Gasteiger partial charge in [0.25, 0.3) is 5.95 Å². The molecule has 0 bridgehead atoms. The van der Waals surface area contributed by atoms with E-state index in [2.05, 4.69) is 39.4 Å². The van der Waals surface area contributed by atoms with Gasteiger partial charge in [-0.15, -0.1) is 5.10 Å². The van der Waals surface area contributed by atoms with Gasteiger partial charge in [-0.2, -0.15) is 31.1 Å². The summed E-state index contributed by atoms with van der Waals surface area (Å²) in [5, 5.41) is 21.6. The van der Waals surface area contributed by atoms with Crippen molar-refractivity contribution in [2.75, 3.05) is 29.5 Å². The largest absolute Gasteiger partial charge is 0.416 e. The van der Waals surface area contributed by atoms with Gasteiger partial charge in [0.15, 0.2) is 0 Å². The zero-order chi connectivity index (χ0) is 30.8. The topological polar surface area (TPSA) is 70.3 Å². The van der Waals surface area contributed by atoms with Gasteiger partial charge in [0.1, 0.15) is 0 Å². The number of tetrazole rings is 1. The summed E-state index contributed by atoms with van der Waals surface area (Å²) in [4.78, 5) is 5.04. The lowest BCUT2D eigenvalue weighted by Crippen LogP contribution is -2.31. The van der Waals surface area contributed by atoms with Crippen LogP contribution in [0.15, 0.2) is 30.3 Å². The lowest BCUT2D eigenvalue weighted by atomic mass is 10.0. The third-order valence-corrected chi connectivity index (χ3v) is 8.38. The van der Waals surface area contributed by atoms with E-state index in [-0.39, 0.29) is 43.8 Å². The van der Waals surface area contributed by atoms with E-state index in [0.29, 0.717) is 5.92 Å². The predicted octanol–water partition coefficient (Wildman–Crippen LogP) is 6.42. The van der Waals surface area contributed by atoms with Crippen molar-refractivity contribution in [2.24, 2.45) is 5.92 Å². The third-order valence-electron chi connectivity index (χ3n) is 8.38. The zero-order valence-corrected chi connectivity index (χ0v) is 24.1. The van der Waals surface area contributed by atoms with Crippen molar-refractivity contribution < 1.29 is 31.4 Å². The molecule has 2 aliphatic carbocycles. The molecule has 1 saturated carbocycles. The van der Waals surface area contributed by atoms with Crippen LogP contribution in [0.1, 0.15) is 72.4 Å². The molecule has 1 aromatic heterocycles. The van der Waals surface area contributed by atoms with Crippen LogP contribution >= 0.6 is 0 Å². The summed E-state index contributed by atoms with van der Waals surface area (Å²) in [5.74, 6) is 0.618. The highest BCUT2D eigenvalue weighted by molar-refractivity contribution is 5.60. The van der Waals surface area contributed by atoms with Gasteiger partial charge in [-0.3, -0.25) is 0 Å².